The summed E-state index contributed by atoms with van der Waals surface area (Å²) in [5.74, 6) is 1.94. The van der Waals surface area contributed by atoms with Crippen LogP contribution in [0.1, 0.15) is 44.9 Å². The minimum Gasteiger partial charge on any atom is -0.340 e. The van der Waals surface area contributed by atoms with E-state index >= 15 is 0 Å². The van der Waals surface area contributed by atoms with Gasteiger partial charge >= 0.3 is 0 Å². The zero-order chi connectivity index (χ0) is 14.4. The van der Waals surface area contributed by atoms with Crippen LogP contribution in [0.4, 0.5) is 0 Å². The number of hydrogen-bond donors (Lipinski definition) is 1. The van der Waals surface area contributed by atoms with E-state index in [4.69, 9.17) is 5.73 Å². The highest BCUT2D eigenvalue weighted by atomic mass is 16.2. The lowest BCUT2D eigenvalue weighted by atomic mass is 9.65. The third-order valence-electron chi connectivity index (χ3n) is 6.66. The van der Waals surface area contributed by atoms with Crippen LogP contribution in [-0.2, 0) is 4.79 Å². The number of fused-ring (bicyclic) bond motifs is 3. The number of carbonyl (C=O) groups is 1. The van der Waals surface area contributed by atoms with Gasteiger partial charge in [-0.3, -0.25) is 9.69 Å². The third-order valence-corrected chi connectivity index (χ3v) is 6.66. The highest BCUT2D eigenvalue weighted by Crippen LogP contribution is 2.42. The fourth-order valence-corrected chi connectivity index (χ4v) is 5.44. The van der Waals surface area contributed by atoms with Crippen LogP contribution < -0.4 is 5.73 Å². The van der Waals surface area contributed by atoms with Gasteiger partial charge in [0, 0.05) is 37.6 Å². The van der Waals surface area contributed by atoms with Gasteiger partial charge in [0.2, 0.25) is 5.91 Å². The molecule has 118 valence electrons. The molecule has 4 rings (SSSR count). The Morgan fingerprint density at radius 1 is 0.952 bits per heavy atom. The van der Waals surface area contributed by atoms with Crippen LogP contribution in [0, 0.1) is 17.8 Å². The zero-order valence-electron chi connectivity index (χ0n) is 13.0. The molecule has 21 heavy (non-hydrogen) atoms. The first-order valence-electron chi connectivity index (χ1n) is 9.01. The zero-order valence-corrected chi connectivity index (χ0v) is 13.0. The number of piperazine rings is 1. The molecule has 0 aromatic carbocycles. The van der Waals surface area contributed by atoms with Crippen LogP contribution in [0.5, 0.6) is 0 Å². The second-order valence-electron chi connectivity index (χ2n) is 7.81. The van der Waals surface area contributed by atoms with Crippen molar-refractivity contribution < 1.29 is 4.79 Å². The maximum Gasteiger partial charge on any atom is 0.225 e. The molecule has 2 aliphatic carbocycles. The van der Waals surface area contributed by atoms with Gasteiger partial charge in [0.25, 0.3) is 0 Å². The number of nitrogens with two attached hydrogens (primary N) is 1. The van der Waals surface area contributed by atoms with Gasteiger partial charge in [-0.2, -0.15) is 0 Å². The van der Waals surface area contributed by atoms with Gasteiger partial charge in [0.15, 0.2) is 0 Å². The highest BCUT2D eigenvalue weighted by Gasteiger charge is 2.42. The molecule has 4 aliphatic rings. The Kier molecular flexibility index (Phi) is 3.70. The molecule has 1 amide bonds. The van der Waals surface area contributed by atoms with Crippen LogP contribution in [0.3, 0.4) is 0 Å². The summed E-state index contributed by atoms with van der Waals surface area (Å²) in [4.78, 5) is 17.7. The van der Waals surface area contributed by atoms with Gasteiger partial charge in [0.1, 0.15) is 0 Å². The lowest BCUT2D eigenvalue weighted by molar-refractivity contribution is -0.141. The molecule has 0 radical (unpaired) electrons. The monoisotopic (exact) mass is 291 g/mol. The average molecular weight is 291 g/mol. The maximum atomic E-state index is 12.9. The molecule has 2 bridgehead atoms. The van der Waals surface area contributed by atoms with Gasteiger partial charge in [-0.1, -0.05) is 6.42 Å². The fraction of sp³-hybridized carbons (Fsp3) is 0.941. The lowest BCUT2D eigenvalue weighted by Crippen LogP contribution is -2.55. The number of rotatable bonds is 1. The summed E-state index contributed by atoms with van der Waals surface area (Å²) in [7, 11) is 0. The van der Waals surface area contributed by atoms with E-state index < -0.39 is 0 Å². The molecule has 0 aromatic heterocycles. The molecule has 3 atom stereocenters. The molecule has 3 unspecified atom stereocenters. The molecule has 4 nitrogen and oxygen atoms in total. The van der Waals surface area contributed by atoms with Crippen molar-refractivity contribution in [3.05, 3.63) is 0 Å². The quantitative estimate of drug-likeness (QED) is 0.795. The van der Waals surface area contributed by atoms with E-state index in [1.54, 1.807) is 0 Å². The molecule has 4 fully saturated rings. The van der Waals surface area contributed by atoms with Crippen molar-refractivity contribution in [1.29, 1.82) is 0 Å². The minimum absolute atomic E-state index is 0.271. The van der Waals surface area contributed by atoms with Crippen molar-refractivity contribution in [1.82, 2.24) is 9.80 Å². The topological polar surface area (TPSA) is 49.6 Å². The van der Waals surface area contributed by atoms with Crippen molar-refractivity contribution in [2.24, 2.45) is 23.5 Å². The van der Waals surface area contributed by atoms with Gasteiger partial charge in [-0.25, -0.2) is 0 Å². The standard InChI is InChI=1S/C17H29N3O/c18-16-12-3-1-4-13(16)10-14(9-12)17(21)20-8-7-19-6-2-5-15(19)11-20/h12-16H,1-11,18H2. The normalized spacial score (nSPS) is 43.7. The van der Waals surface area contributed by atoms with E-state index in [1.807, 2.05) is 0 Å². The predicted molar refractivity (Wildman–Crippen MR) is 82.7 cm³/mol. The SMILES string of the molecule is NC1C2CCCC1CC(C(=O)N1CCN3CCCC3C1)C2. The summed E-state index contributed by atoms with van der Waals surface area (Å²) in [6.45, 7) is 4.27. The summed E-state index contributed by atoms with van der Waals surface area (Å²) < 4.78 is 0. The Balaban J connectivity index is 1.41. The second kappa shape index (κ2) is 5.54. The Bertz CT molecular complexity index is 399. The number of hydrogen-bond acceptors (Lipinski definition) is 3. The molecule has 2 saturated carbocycles. The van der Waals surface area contributed by atoms with Crippen LogP contribution >= 0.6 is 0 Å². The lowest BCUT2D eigenvalue weighted by Gasteiger charge is -2.46. The van der Waals surface area contributed by atoms with Crippen LogP contribution in [0.25, 0.3) is 0 Å². The molecule has 2 N–H and O–H groups in total. The predicted octanol–water partition coefficient (Wildman–Crippen LogP) is 1.45. The Morgan fingerprint density at radius 3 is 2.48 bits per heavy atom. The van der Waals surface area contributed by atoms with Crippen molar-refractivity contribution in [2.45, 2.75) is 57.0 Å². The van der Waals surface area contributed by atoms with E-state index in [0.717, 1.165) is 32.5 Å². The molecular formula is C17H29N3O. The van der Waals surface area contributed by atoms with Crippen LogP contribution in [0.2, 0.25) is 0 Å². The first kappa shape index (κ1) is 14.0. The fourth-order valence-electron chi connectivity index (χ4n) is 5.44. The minimum atomic E-state index is 0.271. The first-order chi connectivity index (χ1) is 10.2. The summed E-state index contributed by atoms with van der Waals surface area (Å²) in [5.41, 5.74) is 6.36. The first-order valence-corrected chi connectivity index (χ1v) is 9.01. The van der Waals surface area contributed by atoms with E-state index in [2.05, 4.69) is 9.80 Å². The molecule has 2 aliphatic heterocycles. The molecule has 2 saturated heterocycles. The van der Waals surface area contributed by atoms with Crippen molar-refractivity contribution in [3.8, 4) is 0 Å². The Labute approximate surface area is 128 Å². The summed E-state index contributed by atoms with van der Waals surface area (Å²) in [6, 6.07) is 1.02. The molecule has 0 spiro atoms. The Morgan fingerprint density at radius 2 is 1.71 bits per heavy atom. The molecule has 2 heterocycles. The highest BCUT2D eigenvalue weighted by molar-refractivity contribution is 5.79. The molecular weight excluding hydrogens is 262 g/mol. The second-order valence-corrected chi connectivity index (χ2v) is 7.81. The van der Waals surface area contributed by atoms with Crippen molar-refractivity contribution in [3.63, 3.8) is 0 Å². The van der Waals surface area contributed by atoms with Gasteiger partial charge in [-0.15, -0.1) is 0 Å². The van der Waals surface area contributed by atoms with Gasteiger partial charge < -0.3 is 10.6 Å². The van der Waals surface area contributed by atoms with Gasteiger partial charge in [0.05, 0.1) is 0 Å². The summed E-state index contributed by atoms with van der Waals surface area (Å²) in [5, 5.41) is 0. The number of carbonyl (C=O) groups excluding carboxylic acids is 1. The van der Waals surface area contributed by atoms with E-state index in [9.17, 15) is 4.79 Å². The van der Waals surface area contributed by atoms with Gasteiger partial charge in [-0.05, 0) is 56.9 Å². The van der Waals surface area contributed by atoms with E-state index in [-0.39, 0.29) is 5.92 Å². The maximum absolute atomic E-state index is 12.9. The van der Waals surface area contributed by atoms with Crippen molar-refractivity contribution >= 4 is 5.91 Å². The van der Waals surface area contributed by atoms with Crippen LogP contribution in [0.15, 0.2) is 0 Å². The molecule has 4 heteroatoms. The number of nitrogens with zero attached hydrogens (tertiary/aromatic N) is 2. The molecule has 0 aromatic rings. The van der Waals surface area contributed by atoms with Crippen molar-refractivity contribution in [2.75, 3.05) is 26.2 Å². The van der Waals surface area contributed by atoms with E-state index in [0.29, 0.717) is 29.8 Å². The smallest absolute Gasteiger partial charge is 0.225 e. The summed E-state index contributed by atoms with van der Waals surface area (Å²) >= 11 is 0. The Hall–Kier alpha value is -0.610. The third kappa shape index (κ3) is 2.50. The van der Waals surface area contributed by atoms with Crippen LogP contribution in [-0.4, -0.2) is 54.0 Å². The largest absolute Gasteiger partial charge is 0.340 e. The number of amides is 1. The average Bonchev–Trinajstić information content (AvgIpc) is 2.93. The summed E-state index contributed by atoms with van der Waals surface area (Å²) in [6.07, 6.45) is 8.53. The van der Waals surface area contributed by atoms with E-state index in [1.165, 1.54) is 38.6 Å².